The van der Waals surface area contributed by atoms with Crippen molar-refractivity contribution in [1.29, 1.82) is 5.26 Å². The molecule has 0 fully saturated rings. The van der Waals surface area contributed by atoms with E-state index in [1.165, 1.54) is 12.1 Å². The van der Waals surface area contributed by atoms with Gasteiger partial charge >= 0.3 is 0 Å². The molecule has 0 radical (unpaired) electrons. The average molecular weight is 421 g/mol. The minimum Gasteiger partial charge on any atom is -0.384 e. The van der Waals surface area contributed by atoms with Crippen molar-refractivity contribution in [2.24, 2.45) is 5.73 Å². The Morgan fingerprint density at radius 2 is 1.93 bits per heavy atom. The molecule has 1 aliphatic heterocycles. The Labute approximate surface area is 177 Å². The van der Waals surface area contributed by atoms with Gasteiger partial charge in [-0.2, -0.15) is 5.26 Å². The molecular weight excluding hydrogens is 404 g/mol. The summed E-state index contributed by atoms with van der Waals surface area (Å²) < 4.78 is 0. The molecule has 1 heterocycles. The van der Waals surface area contributed by atoms with Gasteiger partial charge in [0.05, 0.1) is 22.5 Å². The maximum atomic E-state index is 13.0. The highest BCUT2D eigenvalue weighted by molar-refractivity contribution is 6.30. The van der Waals surface area contributed by atoms with Crippen LogP contribution in [-0.2, 0) is 4.79 Å². The number of nitrogens with zero attached hydrogens (tertiary/aromatic N) is 3. The van der Waals surface area contributed by atoms with E-state index >= 15 is 0 Å². The minimum absolute atomic E-state index is 0.0769. The van der Waals surface area contributed by atoms with Gasteiger partial charge in [0.15, 0.2) is 5.78 Å². The van der Waals surface area contributed by atoms with E-state index in [0.717, 1.165) is 5.70 Å². The van der Waals surface area contributed by atoms with Crippen LogP contribution >= 0.6 is 11.6 Å². The van der Waals surface area contributed by atoms with Gasteiger partial charge in [0, 0.05) is 40.5 Å². The third-order valence-electron chi connectivity index (χ3n) is 5.41. The van der Waals surface area contributed by atoms with E-state index in [0.29, 0.717) is 41.1 Å². The van der Waals surface area contributed by atoms with Crippen molar-refractivity contribution in [1.82, 2.24) is 0 Å². The Morgan fingerprint density at radius 1 is 1.20 bits per heavy atom. The van der Waals surface area contributed by atoms with Crippen LogP contribution in [0.5, 0.6) is 0 Å². The number of Topliss-reactive ketones (excluding diaryl/α,β-unsaturated/α-hetero) is 1. The lowest BCUT2D eigenvalue weighted by atomic mass is 9.75. The molecule has 2 aliphatic rings. The summed E-state index contributed by atoms with van der Waals surface area (Å²) >= 11 is 6.01. The van der Waals surface area contributed by atoms with Crippen LogP contribution in [0.15, 0.2) is 71.2 Å². The molecule has 0 bridgehead atoms. The minimum atomic E-state index is -0.735. The molecule has 0 saturated heterocycles. The van der Waals surface area contributed by atoms with Crippen molar-refractivity contribution in [3.05, 3.63) is 91.9 Å². The molecule has 2 aromatic rings. The Hall–Kier alpha value is -3.63. The zero-order chi connectivity index (χ0) is 21.4. The molecular formula is C22H17ClN4O3. The van der Waals surface area contributed by atoms with E-state index in [1.807, 2.05) is 0 Å². The number of benzene rings is 2. The summed E-state index contributed by atoms with van der Waals surface area (Å²) in [5, 5.41) is 21.8. The van der Waals surface area contributed by atoms with Gasteiger partial charge < -0.3 is 5.73 Å². The molecule has 0 amide bonds. The van der Waals surface area contributed by atoms with Gasteiger partial charge in [-0.25, -0.2) is 0 Å². The molecule has 1 aliphatic carbocycles. The zero-order valence-electron chi connectivity index (χ0n) is 15.8. The van der Waals surface area contributed by atoms with Crippen LogP contribution in [0.3, 0.4) is 0 Å². The summed E-state index contributed by atoms with van der Waals surface area (Å²) in [5.41, 5.74) is 8.94. The molecule has 2 N–H and O–H groups in total. The van der Waals surface area contributed by atoms with Gasteiger partial charge in [0.25, 0.3) is 5.69 Å². The summed E-state index contributed by atoms with van der Waals surface area (Å²) in [6.45, 7) is 0. The Kier molecular flexibility index (Phi) is 5.02. The monoisotopic (exact) mass is 420 g/mol. The summed E-state index contributed by atoms with van der Waals surface area (Å²) in [4.78, 5) is 25.5. The molecule has 2 aromatic carbocycles. The molecule has 0 aromatic heterocycles. The molecule has 7 nitrogen and oxygen atoms in total. The Balaban J connectivity index is 1.96. The number of carbonyl (C=O) groups excluding carboxylic acids is 1. The van der Waals surface area contributed by atoms with Crippen molar-refractivity contribution >= 4 is 28.8 Å². The fourth-order valence-corrected chi connectivity index (χ4v) is 4.25. The van der Waals surface area contributed by atoms with Crippen LogP contribution in [0.25, 0.3) is 0 Å². The van der Waals surface area contributed by atoms with Crippen LogP contribution in [0.4, 0.5) is 11.4 Å². The second kappa shape index (κ2) is 7.65. The van der Waals surface area contributed by atoms with E-state index in [2.05, 4.69) is 6.07 Å². The third kappa shape index (κ3) is 3.21. The molecule has 0 spiro atoms. The number of non-ortho nitro benzene ring substituents is 1. The fraction of sp³-hybridized carbons (Fsp3) is 0.182. The number of anilines is 1. The number of carbonyl (C=O) groups is 1. The standard InChI is InChI=1S/C22H17ClN4O3/c23-14-7-9-15(10-8-14)26-18-5-2-6-19(28)21(18)20(17(12-24)22(26)25)13-3-1-4-16(11-13)27(29)30/h1,3-4,7-11,20H,2,5-6,25H2. The van der Waals surface area contributed by atoms with Gasteiger partial charge in [0.1, 0.15) is 5.82 Å². The second-order valence-electron chi connectivity index (χ2n) is 7.14. The quantitative estimate of drug-likeness (QED) is 0.575. The second-order valence-corrected chi connectivity index (χ2v) is 7.58. The SMILES string of the molecule is N#CC1=C(N)N(c2ccc(Cl)cc2)C2=C(C(=O)CCC2)C1c1cccc([N+](=O)[O-])c1. The van der Waals surface area contributed by atoms with Crippen LogP contribution < -0.4 is 10.6 Å². The van der Waals surface area contributed by atoms with Crippen LogP contribution in [0.1, 0.15) is 30.7 Å². The number of nitriles is 1. The first-order chi connectivity index (χ1) is 14.4. The van der Waals surface area contributed by atoms with E-state index in [1.54, 1.807) is 41.3 Å². The first-order valence-corrected chi connectivity index (χ1v) is 9.76. The van der Waals surface area contributed by atoms with Crippen molar-refractivity contribution in [3.63, 3.8) is 0 Å². The highest BCUT2D eigenvalue weighted by atomic mass is 35.5. The molecule has 30 heavy (non-hydrogen) atoms. The van der Waals surface area contributed by atoms with E-state index in [9.17, 15) is 20.2 Å². The van der Waals surface area contributed by atoms with Gasteiger partial charge in [0.2, 0.25) is 0 Å². The average Bonchev–Trinajstić information content (AvgIpc) is 2.74. The molecule has 150 valence electrons. The first kappa shape index (κ1) is 19.7. The van der Waals surface area contributed by atoms with Crippen molar-refractivity contribution in [2.45, 2.75) is 25.2 Å². The predicted octanol–water partition coefficient (Wildman–Crippen LogP) is 4.55. The summed E-state index contributed by atoms with van der Waals surface area (Å²) in [7, 11) is 0. The number of nitrogens with two attached hydrogens (primary N) is 1. The summed E-state index contributed by atoms with van der Waals surface area (Å²) in [6, 6.07) is 15.2. The molecule has 1 atom stereocenters. The number of halogens is 1. The number of nitro benzene ring substituents is 1. The van der Waals surface area contributed by atoms with Crippen molar-refractivity contribution in [3.8, 4) is 6.07 Å². The third-order valence-corrected chi connectivity index (χ3v) is 5.66. The number of rotatable bonds is 3. The highest BCUT2D eigenvalue weighted by Crippen LogP contribution is 2.46. The number of ketones is 1. The smallest absolute Gasteiger partial charge is 0.269 e. The van der Waals surface area contributed by atoms with Crippen molar-refractivity contribution in [2.75, 3.05) is 4.90 Å². The zero-order valence-corrected chi connectivity index (χ0v) is 16.6. The van der Waals surface area contributed by atoms with E-state index in [-0.39, 0.29) is 22.9 Å². The predicted molar refractivity (Wildman–Crippen MR) is 112 cm³/mol. The van der Waals surface area contributed by atoms with Crippen LogP contribution in [0, 0.1) is 21.4 Å². The highest BCUT2D eigenvalue weighted by Gasteiger charge is 2.40. The molecule has 1 unspecified atom stereocenters. The van der Waals surface area contributed by atoms with Crippen LogP contribution in [-0.4, -0.2) is 10.7 Å². The van der Waals surface area contributed by atoms with Gasteiger partial charge in [-0.1, -0.05) is 23.7 Å². The molecule has 4 rings (SSSR count). The number of nitro groups is 1. The summed E-state index contributed by atoms with van der Waals surface area (Å²) in [5.74, 6) is -0.599. The Bertz CT molecular complexity index is 1160. The fourth-order valence-electron chi connectivity index (χ4n) is 4.12. The largest absolute Gasteiger partial charge is 0.384 e. The van der Waals surface area contributed by atoms with Gasteiger partial charge in [-0.3, -0.25) is 19.8 Å². The van der Waals surface area contributed by atoms with Gasteiger partial charge in [-0.05, 0) is 42.7 Å². The maximum Gasteiger partial charge on any atom is 0.269 e. The maximum absolute atomic E-state index is 13.0. The molecule has 8 heteroatoms. The van der Waals surface area contributed by atoms with Crippen LogP contribution in [0.2, 0.25) is 5.02 Å². The summed E-state index contributed by atoms with van der Waals surface area (Å²) in [6.07, 6.45) is 1.63. The molecule has 0 saturated carbocycles. The lowest BCUT2D eigenvalue weighted by Gasteiger charge is -2.39. The number of allylic oxidation sites excluding steroid dienone is 3. The van der Waals surface area contributed by atoms with Crippen molar-refractivity contribution < 1.29 is 9.72 Å². The topological polar surface area (TPSA) is 113 Å². The lowest BCUT2D eigenvalue weighted by molar-refractivity contribution is -0.384. The van der Waals surface area contributed by atoms with E-state index < -0.39 is 10.8 Å². The Morgan fingerprint density at radius 3 is 2.60 bits per heavy atom. The number of hydrogen-bond donors (Lipinski definition) is 1. The first-order valence-electron chi connectivity index (χ1n) is 9.38. The number of hydrogen-bond acceptors (Lipinski definition) is 6. The van der Waals surface area contributed by atoms with E-state index in [4.69, 9.17) is 17.3 Å². The normalized spacial score (nSPS) is 18.9. The van der Waals surface area contributed by atoms with Gasteiger partial charge in [-0.15, -0.1) is 0 Å². The lowest BCUT2D eigenvalue weighted by Crippen LogP contribution is -2.38.